The van der Waals surface area contributed by atoms with Crippen molar-refractivity contribution in [3.63, 3.8) is 0 Å². The molecule has 0 saturated heterocycles. The van der Waals surface area contributed by atoms with Gasteiger partial charge in [-0.05, 0) is 32.0 Å². The molecule has 23 heavy (non-hydrogen) atoms. The third kappa shape index (κ3) is 4.29. The molecule has 1 atom stereocenters. The molecule has 1 aromatic heterocycles. The predicted molar refractivity (Wildman–Crippen MR) is 84.7 cm³/mol. The van der Waals surface area contributed by atoms with Crippen LogP contribution in [0.5, 0.6) is 0 Å². The Labute approximate surface area is 138 Å². The molecule has 1 aromatic carbocycles. The Bertz CT molecular complexity index is 729. The van der Waals surface area contributed by atoms with Crippen molar-refractivity contribution in [2.45, 2.75) is 26.3 Å². The van der Waals surface area contributed by atoms with Gasteiger partial charge in [0.2, 0.25) is 0 Å². The van der Waals surface area contributed by atoms with E-state index in [-0.39, 0.29) is 18.2 Å². The van der Waals surface area contributed by atoms with Crippen LogP contribution < -0.4 is 5.32 Å². The maximum absolute atomic E-state index is 12.3. The summed E-state index contributed by atoms with van der Waals surface area (Å²) in [6, 6.07) is 6.62. The third-order valence-corrected chi connectivity index (χ3v) is 3.35. The smallest absolute Gasteiger partial charge is 0.307 e. The average molecular weight is 337 g/mol. The van der Waals surface area contributed by atoms with Crippen LogP contribution in [0.4, 0.5) is 0 Å². The van der Waals surface area contributed by atoms with Crippen LogP contribution in [-0.2, 0) is 9.53 Å². The first-order chi connectivity index (χ1) is 10.9. The van der Waals surface area contributed by atoms with Crippen LogP contribution in [0, 0.1) is 6.92 Å². The normalized spacial score (nSPS) is 11.8. The number of halogens is 1. The maximum Gasteiger partial charge on any atom is 0.307 e. The molecule has 0 aliphatic heterocycles. The van der Waals surface area contributed by atoms with E-state index in [0.717, 1.165) is 0 Å². The van der Waals surface area contributed by atoms with Gasteiger partial charge >= 0.3 is 5.97 Å². The molecule has 1 N–H and O–H groups in total. The number of aryl methyl sites for hydroxylation is 1. The van der Waals surface area contributed by atoms with Gasteiger partial charge in [0.15, 0.2) is 5.69 Å². The number of nitrogens with one attached hydrogen (secondary N) is 1. The van der Waals surface area contributed by atoms with Crippen molar-refractivity contribution >= 4 is 23.5 Å². The minimum Gasteiger partial charge on any atom is -0.469 e. The van der Waals surface area contributed by atoms with Gasteiger partial charge in [0, 0.05) is 11.1 Å². The van der Waals surface area contributed by atoms with E-state index in [2.05, 4.69) is 20.3 Å². The van der Waals surface area contributed by atoms with E-state index in [0.29, 0.717) is 16.4 Å². The molecule has 7 nitrogen and oxygen atoms in total. The SMILES string of the molecule is COC(=O)CC(C)NC(=O)c1nn(-c2cccc(Cl)c2)nc1C. The number of esters is 1. The number of hydrogen-bond acceptors (Lipinski definition) is 5. The van der Waals surface area contributed by atoms with Gasteiger partial charge < -0.3 is 10.1 Å². The number of benzene rings is 1. The number of carbonyl (C=O) groups excluding carboxylic acids is 2. The van der Waals surface area contributed by atoms with Crippen molar-refractivity contribution in [3.05, 3.63) is 40.7 Å². The van der Waals surface area contributed by atoms with Gasteiger partial charge in [0.05, 0.1) is 24.9 Å². The molecular weight excluding hydrogens is 320 g/mol. The Kier molecular flexibility index (Phi) is 5.33. The van der Waals surface area contributed by atoms with Crippen molar-refractivity contribution < 1.29 is 14.3 Å². The Morgan fingerprint density at radius 1 is 1.39 bits per heavy atom. The van der Waals surface area contributed by atoms with Crippen LogP contribution in [0.1, 0.15) is 29.5 Å². The molecule has 1 heterocycles. The number of carbonyl (C=O) groups is 2. The first-order valence-electron chi connectivity index (χ1n) is 6.98. The van der Waals surface area contributed by atoms with Crippen molar-refractivity contribution in [3.8, 4) is 5.69 Å². The molecule has 1 amide bonds. The molecule has 0 spiro atoms. The van der Waals surface area contributed by atoms with Crippen molar-refractivity contribution in [2.75, 3.05) is 7.11 Å². The van der Waals surface area contributed by atoms with E-state index >= 15 is 0 Å². The molecule has 2 rings (SSSR count). The topological polar surface area (TPSA) is 86.1 Å². The van der Waals surface area contributed by atoms with Crippen LogP contribution in [-0.4, -0.2) is 40.0 Å². The Morgan fingerprint density at radius 3 is 2.78 bits per heavy atom. The van der Waals surface area contributed by atoms with Gasteiger partial charge in [-0.25, -0.2) is 0 Å². The van der Waals surface area contributed by atoms with Gasteiger partial charge in [-0.15, -0.1) is 5.10 Å². The zero-order valence-electron chi connectivity index (χ0n) is 13.0. The highest BCUT2D eigenvalue weighted by molar-refractivity contribution is 6.30. The van der Waals surface area contributed by atoms with Crippen LogP contribution in [0.15, 0.2) is 24.3 Å². The zero-order chi connectivity index (χ0) is 17.0. The fourth-order valence-electron chi connectivity index (χ4n) is 1.98. The lowest BCUT2D eigenvalue weighted by Gasteiger charge is -2.11. The molecule has 0 bridgehead atoms. The number of ether oxygens (including phenoxy) is 1. The molecule has 0 fully saturated rings. The lowest BCUT2D eigenvalue weighted by atomic mass is 10.2. The second-order valence-electron chi connectivity index (χ2n) is 5.06. The van der Waals surface area contributed by atoms with Gasteiger partial charge in [0.25, 0.3) is 5.91 Å². The fraction of sp³-hybridized carbons (Fsp3) is 0.333. The summed E-state index contributed by atoms with van der Waals surface area (Å²) >= 11 is 5.94. The summed E-state index contributed by atoms with van der Waals surface area (Å²) in [7, 11) is 1.30. The summed E-state index contributed by atoms with van der Waals surface area (Å²) in [5.74, 6) is -0.788. The number of amides is 1. The molecule has 0 saturated carbocycles. The molecule has 0 aliphatic carbocycles. The third-order valence-electron chi connectivity index (χ3n) is 3.11. The van der Waals surface area contributed by atoms with Crippen molar-refractivity contribution in [1.29, 1.82) is 0 Å². The Hall–Kier alpha value is -2.41. The summed E-state index contributed by atoms with van der Waals surface area (Å²) in [5.41, 5.74) is 1.33. The second-order valence-corrected chi connectivity index (χ2v) is 5.49. The molecule has 122 valence electrons. The van der Waals surface area contributed by atoms with Gasteiger partial charge in [-0.3, -0.25) is 9.59 Å². The Balaban J connectivity index is 2.14. The summed E-state index contributed by atoms with van der Waals surface area (Å²) in [5, 5.41) is 11.7. The second kappa shape index (κ2) is 7.23. The number of rotatable bonds is 5. The number of hydrogen-bond donors (Lipinski definition) is 1. The first kappa shape index (κ1) is 17.0. The van der Waals surface area contributed by atoms with Crippen molar-refractivity contribution in [2.24, 2.45) is 0 Å². The van der Waals surface area contributed by atoms with Crippen LogP contribution >= 0.6 is 11.6 Å². The minimum absolute atomic E-state index is 0.0870. The summed E-state index contributed by atoms with van der Waals surface area (Å²) < 4.78 is 4.57. The van der Waals surface area contributed by atoms with Gasteiger partial charge in [-0.2, -0.15) is 9.90 Å². The quantitative estimate of drug-likeness (QED) is 0.843. The highest BCUT2D eigenvalue weighted by Crippen LogP contribution is 2.14. The predicted octanol–water partition coefficient (Wildman–Crippen LogP) is 1.91. The van der Waals surface area contributed by atoms with E-state index in [1.54, 1.807) is 38.1 Å². The highest BCUT2D eigenvalue weighted by Gasteiger charge is 2.19. The first-order valence-corrected chi connectivity index (χ1v) is 7.36. The Morgan fingerprint density at radius 2 is 2.13 bits per heavy atom. The van der Waals surface area contributed by atoms with Crippen LogP contribution in [0.2, 0.25) is 5.02 Å². The zero-order valence-corrected chi connectivity index (χ0v) is 13.8. The minimum atomic E-state index is -0.396. The standard InChI is InChI=1S/C15H17ClN4O3/c1-9(7-13(21)23-3)17-15(22)14-10(2)18-20(19-14)12-6-4-5-11(16)8-12/h4-6,8-9H,7H2,1-3H3,(H,17,22). The number of methoxy groups -OCH3 is 1. The van der Waals surface area contributed by atoms with E-state index in [9.17, 15) is 9.59 Å². The summed E-state index contributed by atoms with van der Waals surface area (Å²) in [4.78, 5) is 24.8. The molecule has 2 aromatic rings. The lowest BCUT2D eigenvalue weighted by molar-refractivity contribution is -0.141. The largest absolute Gasteiger partial charge is 0.469 e. The van der Waals surface area contributed by atoms with Crippen molar-refractivity contribution in [1.82, 2.24) is 20.3 Å². The number of nitrogens with zero attached hydrogens (tertiary/aromatic N) is 3. The van der Waals surface area contributed by atoms with Crippen LogP contribution in [0.3, 0.4) is 0 Å². The molecule has 0 radical (unpaired) electrons. The van der Waals surface area contributed by atoms with Gasteiger partial charge in [0.1, 0.15) is 0 Å². The van der Waals surface area contributed by atoms with E-state index in [4.69, 9.17) is 11.6 Å². The monoisotopic (exact) mass is 336 g/mol. The fourth-order valence-corrected chi connectivity index (χ4v) is 2.17. The van der Waals surface area contributed by atoms with E-state index in [1.165, 1.54) is 11.9 Å². The van der Waals surface area contributed by atoms with Gasteiger partial charge in [-0.1, -0.05) is 17.7 Å². The van der Waals surface area contributed by atoms with Crippen LogP contribution in [0.25, 0.3) is 5.69 Å². The molecule has 0 aliphatic rings. The molecule has 1 unspecified atom stereocenters. The number of aromatic nitrogens is 3. The van der Waals surface area contributed by atoms with E-state index in [1.807, 2.05) is 0 Å². The summed E-state index contributed by atoms with van der Waals surface area (Å²) in [6.45, 7) is 3.40. The summed E-state index contributed by atoms with van der Waals surface area (Å²) in [6.07, 6.45) is 0.0870. The lowest BCUT2D eigenvalue weighted by Crippen LogP contribution is -2.35. The molecule has 8 heteroatoms. The van der Waals surface area contributed by atoms with E-state index < -0.39 is 11.9 Å². The average Bonchev–Trinajstić information content (AvgIpc) is 2.89. The maximum atomic E-state index is 12.3. The molecular formula is C15H17ClN4O3. The highest BCUT2D eigenvalue weighted by atomic mass is 35.5.